The highest BCUT2D eigenvalue weighted by Crippen LogP contribution is 2.34. The summed E-state index contributed by atoms with van der Waals surface area (Å²) in [6.45, 7) is 11.7. The fourth-order valence-electron chi connectivity index (χ4n) is 4.83. The summed E-state index contributed by atoms with van der Waals surface area (Å²) in [7, 11) is 0. The van der Waals surface area contributed by atoms with Crippen LogP contribution in [0, 0.1) is 5.92 Å². The molecule has 0 spiro atoms. The number of benzene rings is 1. The summed E-state index contributed by atoms with van der Waals surface area (Å²) >= 11 is 6.57. The van der Waals surface area contributed by atoms with E-state index in [0.717, 1.165) is 25.0 Å². The highest BCUT2D eigenvalue weighted by atomic mass is 35.5. The van der Waals surface area contributed by atoms with Gasteiger partial charge in [-0.25, -0.2) is 4.79 Å². The van der Waals surface area contributed by atoms with E-state index in [2.05, 4.69) is 32.7 Å². The van der Waals surface area contributed by atoms with Crippen molar-refractivity contribution in [3.63, 3.8) is 0 Å². The maximum absolute atomic E-state index is 12.8. The number of H-pyrrole nitrogens is 1. The Morgan fingerprint density at radius 3 is 2.24 bits per heavy atom. The Kier molecular flexibility index (Phi) is 13.7. The minimum absolute atomic E-state index is 0.0787. The third-order valence-corrected chi connectivity index (χ3v) is 7.78. The molecule has 0 fully saturated rings. The number of ether oxygens (including phenoxy) is 2. The first kappa shape index (κ1) is 35.9. The van der Waals surface area contributed by atoms with Gasteiger partial charge in [-0.15, -0.1) is 9.73 Å². The summed E-state index contributed by atoms with van der Waals surface area (Å²) in [4.78, 5) is 40.1. The number of nitrogens with one attached hydrogen (secondary N) is 3. The molecule has 45 heavy (non-hydrogen) atoms. The van der Waals surface area contributed by atoms with Gasteiger partial charge in [0.25, 0.3) is 0 Å². The molecule has 0 aliphatic rings. The Labute approximate surface area is 271 Å². The quantitative estimate of drug-likeness (QED) is 0.0773. The smallest absolute Gasteiger partial charge is 0.319 e. The van der Waals surface area contributed by atoms with Gasteiger partial charge in [-0.05, 0) is 24.6 Å². The van der Waals surface area contributed by atoms with Crippen LogP contribution in [0.2, 0.25) is 5.02 Å². The number of halogens is 1. The third-order valence-electron chi connectivity index (χ3n) is 7.42. The number of rotatable bonds is 17. The Bertz CT molecular complexity index is 1430. The number of hydrogen-bond donors (Lipinski definition) is 3. The van der Waals surface area contributed by atoms with E-state index in [1.165, 1.54) is 56.5 Å². The molecule has 0 bridgehead atoms. The molecule has 0 aliphatic heterocycles. The molecule has 2 heterocycles. The molecule has 3 N–H and O–H groups in total. The lowest BCUT2D eigenvalue weighted by Crippen LogP contribution is -2.35. The number of fused-ring (bicyclic) bond motifs is 1. The molecular formula is C33H49ClN6O5. The number of esters is 2. The zero-order valence-electron chi connectivity index (χ0n) is 27.6. The highest BCUT2D eigenvalue weighted by Gasteiger charge is 2.25. The summed E-state index contributed by atoms with van der Waals surface area (Å²) in [6, 6.07) is 4.32. The van der Waals surface area contributed by atoms with Crippen molar-refractivity contribution in [2.24, 2.45) is 5.92 Å². The fourth-order valence-corrected chi connectivity index (χ4v) is 5.27. The Hall–Kier alpha value is -3.60. The van der Waals surface area contributed by atoms with Gasteiger partial charge in [0.2, 0.25) is 0 Å². The van der Waals surface area contributed by atoms with Gasteiger partial charge in [-0.3, -0.25) is 9.59 Å². The number of urea groups is 1. The summed E-state index contributed by atoms with van der Waals surface area (Å²) in [6.07, 6.45) is 12.1. The number of unbranched alkanes of at least 4 members (excludes halogenated alkanes) is 9. The first-order chi connectivity index (χ1) is 21.4. The second-order valence-corrected chi connectivity index (χ2v) is 13.0. The predicted molar refractivity (Wildman–Crippen MR) is 177 cm³/mol. The second-order valence-electron chi connectivity index (χ2n) is 12.6. The molecule has 0 saturated carbocycles. The topological polar surface area (TPSA) is 140 Å². The van der Waals surface area contributed by atoms with Crippen molar-refractivity contribution in [3.05, 3.63) is 28.9 Å². The van der Waals surface area contributed by atoms with Crippen LogP contribution in [-0.4, -0.2) is 50.9 Å². The van der Waals surface area contributed by atoms with Gasteiger partial charge in [0.15, 0.2) is 17.2 Å². The Balaban J connectivity index is 1.50. The van der Waals surface area contributed by atoms with E-state index in [-0.39, 0.29) is 29.4 Å². The van der Waals surface area contributed by atoms with Gasteiger partial charge >= 0.3 is 18.0 Å². The summed E-state index contributed by atoms with van der Waals surface area (Å²) < 4.78 is 12.1. The van der Waals surface area contributed by atoms with Gasteiger partial charge < -0.3 is 25.1 Å². The second kappa shape index (κ2) is 17.2. The first-order valence-electron chi connectivity index (χ1n) is 16.1. The van der Waals surface area contributed by atoms with Crippen LogP contribution in [0.5, 0.6) is 5.75 Å². The van der Waals surface area contributed by atoms with E-state index >= 15 is 0 Å². The van der Waals surface area contributed by atoms with E-state index in [9.17, 15) is 14.4 Å². The average Bonchev–Trinajstić information content (AvgIpc) is 3.54. The number of carbonyl (C=O) groups excluding carboxylic acids is 3. The van der Waals surface area contributed by atoms with Crippen molar-refractivity contribution in [2.75, 3.05) is 18.5 Å². The lowest BCUT2D eigenvalue weighted by Gasteiger charge is -2.15. The summed E-state index contributed by atoms with van der Waals surface area (Å²) in [5, 5.41) is 14.9. The normalized spacial score (nSPS) is 12.2. The molecule has 1 atom stereocenters. The zero-order valence-corrected chi connectivity index (χ0v) is 28.3. The highest BCUT2D eigenvalue weighted by molar-refractivity contribution is 6.34. The first-order valence-corrected chi connectivity index (χ1v) is 16.5. The number of anilines is 1. The molecule has 0 saturated heterocycles. The SMILES string of the molecule is CCCCCCCCCCCCOC(=O)C(C)CNC(=O)Nc1cc(-c2nn3nc(C(C)(C)C)c(Cl)c3[nH]2)ccc1OC(C)=O. The largest absolute Gasteiger partial charge is 0.465 e. The summed E-state index contributed by atoms with van der Waals surface area (Å²) in [5.74, 6) is -0.806. The van der Waals surface area contributed by atoms with Crippen LogP contribution in [-0.2, 0) is 19.7 Å². The molecule has 1 unspecified atom stereocenters. The van der Waals surface area contributed by atoms with Gasteiger partial charge in [0.1, 0.15) is 5.02 Å². The number of aromatic nitrogens is 4. The van der Waals surface area contributed by atoms with Gasteiger partial charge in [0, 0.05) is 24.4 Å². The molecule has 2 amide bonds. The molecule has 3 rings (SSSR count). The zero-order chi connectivity index (χ0) is 33.0. The van der Waals surface area contributed by atoms with Crippen molar-refractivity contribution >= 4 is 40.9 Å². The average molecular weight is 645 g/mol. The van der Waals surface area contributed by atoms with Gasteiger partial charge in [0.05, 0.1) is 23.9 Å². The van der Waals surface area contributed by atoms with Crippen molar-refractivity contribution in [2.45, 2.75) is 111 Å². The third kappa shape index (κ3) is 11.1. The minimum Gasteiger partial charge on any atom is -0.465 e. The number of aromatic amines is 1. The van der Waals surface area contributed by atoms with Gasteiger partial charge in [-0.2, -0.15) is 5.10 Å². The number of hydrogen-bond acceptors (Lipinski definition) is 7. The van der Waals surface area contributed by atoms with E-state index in [1.807, 2.05) is 20.8 Å². The number of nitrogens with zero attached hydrogens (tertiary/aromatic N) is 3. The minimum atomic E-state index is -0.568. The lowest BCUT2D eigenvalue weighted by atomic mass is 9.92. The van der Waals surface area contributed by atoms with Crippen LogP contribution >= 0.6 is 11.6 Å². The molecule has 0 radical (unpaired) electrons. The molecular weight excluding hydrogens is 596 g/mol. The predicted octanol–water partition coefficient (Wildman–Crippen LogP) is 7.82. The maximum atomic E-state index is 12.8. The maximum Gasteiger partial charge on any atom is 0.319 e. The van der Waals surface area contributed by atoms with Crippen molar-refractivity contribution in [1.29, 1.82) is 0 Å². The van der Waals surface area contributed by atoms with E-state index in [4.69, 9.17) is 21.1 Å². The molecule has 11 nitrogen and oxygen atoms in total. The van der Waals surface area contributed by atoms with E-state index < -0.39 is 17.9 Å². The van der Waals surface area contributed by atoms with Crippen molar-refractivity contribution in [1.82, 2.24) is 25.1 Å². The van der Waals surface area contributed by atoms with Crippen LogP contribution in [0.15, 0.2) is 18.2 Å². The van der Waals surface area contributed by atoms with E-state index in [1.54, 1.807) is 25.1 Å². The Morgan fingerprint density at radius 2 is 1.64 bits per heavy atom. The monoisotopic (exact) mass is 644 g/mol. The Morgan fingerprint density at radius 1 is 1.00 bits per heavy atom. The van der Waals surface area contributed by atoms with E-state index in [0.29, 0.717) is 28.7 Å². The molecule has 2 aromatic heterocycles. The van der Waals surface area contributed by atoms with Crippen LogP contribution in [0.3, 0.4) is 0 Å². The number of amides is 2. The molecule has 3 aromatic rings. The van der Waals surface area contributed by atoms with Crippen molar-refractivity contribution in [3.8, 4) is 17.1 Å². The number of carbonyl (C=O) groups is 3. The van der Waals surface area contributed by atoms with Crippen LogP contribution in [0.25, 0.3) is 17.0 Å². The van der Waals surface area contributed by atoms with Crippen LogP contribution in [0.1, 0.15) is 111 Å². The van der Waals surface area contributed by atoms with Crippen LogP contribution < -0.4 is 15.4 Å². The molecule has 0 aliphatic carbocycles. The standard InChI is InChI=1S/C33H49ClN6O5/c1-7-8-9-10-11-12-13-14-15-16-19-44-31(42)22(2)21-35-32(43)36-25-20-24(17-18-26(25)45-23(3)41)29-37-30-27(34)28(33(4,5)6)38-40(30)39-29/h17-18,20,22H,7-16,19,21H2,1-6H3,(H,37,39)(H2,35,36,43). The van der Waals surface area contributed by atoms with Crippen LogP contribution in [0.4, 0.5) is 10.5 Å². The molecule has 1 aromatic carbocycles. The molecule has 248 valence electrons. The lowest BCUT2D eigenvalue weighted by molar-refractivity contribution is -0.147. The molecule has 12 heteroatoms. The summed E-state index contributed by atoms with van der Waals surface area (Å²) in [5.41, 5.74) is 1.84. The fraction of sp³-hybridized carbons (Fsp3) is 0.606. The van der Waals surface area contributed by atoms with Crippen molar-refractivity contribution < 1.29 is 23.9 Å². The van der Waals surface area contributed by atoms with Gasteiger partial charge in [-0.1, -0.05) is 104 Å².